The van der Waals surface area contributed by atoms with Crippen LogP contribution >= 0.6 is 0 Å². The molecule has 6 nitrogen and oxygen atoms in total. The molecule has 0 spiro atoms. The van der Waals surface area contributed by atoms with E-state index < -0.39 is 0 Å². The maximum atomic E-state index is 12.3. The van der Waals surface area contributed by atoms with Crippen molar-refractivity contribution in [2.45, 2.75) is 38.8 Å². The first-order valence-electron chi connectivity index (χ1n) is 9.88. The highest BCUT2D eigenvalue weighted by Crippen LogP contribution is 2.31. The maximum absolute atomic E-state index is 12.3. The summed E-state index contributed by atoms with van der Waals surface area (Å²) in [5, 5.41) is 1.24. The van der Waals surface area contributed by atoms with Crippen LogP contribution in [0.15, 0.2) is 36.7 Å². The Morgan fingerprint density at radius 3 is 2.93 bits per heavy atom. The summed E-state index contributed by atoms with van der Waals surface area (Å²) in [6.07, 6.45) is 7.09. The second kappa shape index (κ2) is 7.72. The van der Waals surface area contributed by atoms with E-state index in [-0.39, 0.29) is 11.9 Å². The molecule has 1 fully saturated rings. The number of hydrogen-bond donors (Lipinski definition) is 1. The summed E-state index contributed by atoms with van der Waals surface area (Å²) in [4.78, 5) is 28.9. The fraction of sp³-hybridized carbons (Fsp3) is 0.409. The van der Waals surface area contributed by atoms with Gasteiger partial charge in [-0.15, -0.1) is 0 Å². The number of aromatic amines is 1. The molecule has 1 aliphatic heterocycles. The molecule has 1 aromatic carbocycles. The summed E-state index contributed by atoms with van der Waals surface area (Å²) in [7, 11) is 3.50. The molecule has 0 saturated carbocycles. The van der Waals surface area contributed by atoms with Crippen molar-refractivity contribution in [2.75, 3.05) is 20.6 Å². The van der Waals surface area contributed by atoms with Crippen LogP contribution in [-0.2, 0) is 6.54 Å². The number of carbonyl (C=O) groups excluding carboxylic acids is 1. The molecular formula is C22H27N5O. The molecule has 3 aromatic rings. The standard InChI is InChI=1S/C22H27N5O/c1-15-18(22(28)26(2)3)13-24-21(25-15)20-6-4-5-11-27(20)14-16-7-8-19-17(12-16)9-10-23-19/h7-10,12-13,20,23H,4-6,11,14H2,1-3H3/t20-/m1/s1. The molecule has 0 aliphatic carbocycles. The van der Waals surface area contributed by atoms with Gasteiger partial charge in [0.2, 0.25) is 0 Å². The summed E-state index contributed by atoms with van der Waals surface area (Å²) >= 11 is 0. The van der Waals surface area contributed by atoms with E-state index in [1.54, 1.807) is 25.2 Å². The summed E-state index contributed by atoms with van der Waals surface area (Å²) in [6, 6.07) is 8.89. The molecule has 6 heteroatoms. The van der Waals surface area contributed by atoms with Gasteiger partial charge in [-0.1, -0.05) is 12.5 Å². The van der Waals surface area contributed by atoms with Gasteiger partial charge in [-0.25, -0.2) is 9.97 Å². The number of aromatic nitrogens is 3. The van der Waals surface area contributed by atoms with Crippen molar-refractivity contribution in [1.29, 1.82) is 0 Å². The van der Waals surface area contributed by atoms with Gasteiger partial charge in [-0.3, -0.25) is 9.69 Å². The summed E-state index contributed by atoms with van der Waals surface area (Å²) in [5.41, 5.74) is 3.80. The normalized spacial score (nSPS) is 17.8. The number of fused-ring (bicyclic) bond motifs is 1. The van der Waals surface area contributed by atoms with Crippen LogP contribution in [0.5, 0.6) is 0 Å². The molecule has 0 unspecified atom stereocenters. The van der Waals surface area contributed by atoms with Crippen LogP contribution in [0.3, 0.4) is 0 Å². The zero-order chi connectivity index (χ0) is 19.7. The van der Waals surface area contributed by atoms with Crippen LogP contribution in [-0.4, -0.2) is 51.3 Å². The van der Waals surface area contributed by atoms with E-state index in [1.165, 1.54) is 29.3 Å². The lowest BCUT2D eigenvalue weighted by atomic mass is 10.00. The van der Waals surface area contributed by atoms with Crippen LogP contribution in [0, 0.1) is 6.92 Å². The van der Waals surface area contributed by atoms with E-state index in [0.717, 1.165) is 31.0 Å². The number of amides is 1. The highest BCUT2D eigenvalue weighted by molar-refractivity contribution is 5.94. The first-order chi connectivity index (χ1) is 13.5. The smallest absolute Gasteiger partial charge is 0.256 e. The average Bonchev–Trinajstić information content (AvgIpc) is 3.15. The van der Waals surface area contributed by atoms with Gasteiger partial charge in [0.15, 0.2) is 0 Å². The fourth-order valence-electron chi connectivity index (χ4n) is 4.00. The molecule has 1 atom stereocenters. The van der Waals surface area contributed by atoms with Crippen LogP contribution in [0.2, 0.25) is 0 Å². The first-order valence-corrected chi connectivity index (χ1v) is 9.88. The molecule has 0 radical (unpaired) electrons. The Labute approximate surface area is 165 Å². The molecule has 4 rings (SSSR count). The monoisotopic (exact) mass is 377 g/mol. The number of nitrogens with one attached hydrogen (secondary N) is 1. The molecular weight excluding hydrogens is 350 g/mol. The largest absolute Gasteiger partial charge is 0.361 e. The lowest BCUT2D eigenvalue weighted by Crippen LogP contribution is -2.34. The van der Waals surface area contributed by atoms with Gasteiger partial charge >= 0.3 is 0 Å². The van der Waals surface area contributed by atoms with E-state index in [1.807, 2.05) is 13.1 Å². The molecule has 146 valence electrons. The van der Waals surface area contributed by atoms with E-state index >= 15 is 0 Å². The zero-order valence-corrected chi connectivity index (χ0v) is 16.8. The Morgan fingerprint density at radius 2 is 2.14 bits per heavy atom. The predicted octanol–water partition coefficient (Wildman–Crippen LogP) is 3.70. The van der Waals surface area contributed by atoms with E-state index in [4.69, 9.17) is 4.98 Å². The summed E-state index contributed by atoms with van der Waals surface area (Å²) in [5.74, 6) is 0.777. The van der Waals surface area contributed by atoms with Gasteiger partial charge < -0.3 is 9.88 Å². The topological polar surface area (TPSA) is 65.1 Å². The summed E-state index contributed by atoms with van der Waals surface area (Å²) < 4.78 is 0. The van der Waals surface area contributed by atoms with Crippen molar-refractivity contribution in [2.24, 2.45) is 0 Å². The third-order valence-corrected chi connectivity index (χ3v) is 5.55. The quantitative estimate of drug-likeness (QED) is 0.753. The lowest BCUT2D eigenvalue weighted by molar-refractivity contribution is 0.0825. The van der Waals surface area contributed by atoms with E-state index in [0.29, 0.717) is 5.56 Å². The Balaban J connectivity index is 1.58. The van der Waals surface area contributed by atoms with Gasteiger partial charge in [0.25, 0.3) is 5.91 Å². The van der Waals surface area contributed by atoms with Crippen molar-refractivity contribution in [3.05, 3.63) is 59.3 Å². The second-order valence-electron chi connectivity index (χ2n) is 7.81. The Kier molecular flexibility index (Phi) is 5.13. The molecule has 2 aromatic heterocycles. The molecule has 1 N–H and O–H groups in total. The Morgan fingerprint density at radius 1 is 1.29 bits per heavy atom. The van der Waals surface area contributed by atoms with Crippen molar-refractivity contribution in [3.63, 3.8) is 0 Å². The number of rotatable bonds is 4. The molecule has 1 amide bonds. The first kappa shape index (κ1) is 18.6. The predicted molar refractivity (Wildman–Crippen MR) is 110 cm³/mol. The van der Waals surface area contributed by atoms with Crippen molar-refractivity contribution in [1.82, 2.24) is 24.8 Å². The van der Waals surface area contributed by atoms with Gasteiger partial charge in [-0.05, 0) is 55.5 Å². The summed E-state index contributed by atoms with van der Waals surface area (Å²) in [6.45, 7) is 3.82. The highest BCUT2D eigenvalue weighted by atomic mass is 16.2. The number of nitrogens with zero attached hydrogens (tertiary/aromatic N) is 4. The second-order valence-corrected chi connectivity index (χ2v) is 7.81. The van der Waals surface area contributed by atoms with E-state index in [9.17, 15) is 4.79 Å². The van der Waals surface area contributed by atoms with E-state index in [2.05, 4.69) is 39.1 Å². The van der Waals surface area contributed by atoms with Crippen molar-refractivity contribution < 1.29 is 4.79 Å². The minimum Gasteiger partial charge on any atom is -0.361 e. The molecule has 1 aliphatic rings. The third kappa shape index (κ3) is 3.64. The molecule has 28 heavy (non-hydrogen) atoms. The third-order valence-electron chi connectivity index (χ3n) is 5.55. The number of likely N-dealkylation sites (tertiary alicyclic amines) is 1. The van der Waals surface area contributed by atoms with Gasteiger partial charge in [0, 0.05) is 38.6 Å². The number of carbonyl (C=O) groups is 1. The molecule has 3 heterocycles. The van der Waals surface area contributed by atoms with Gasteiger partial charge in [0.05, 0.1) is 17.3 Å². The zero-order valence-electron chi connectivity index (χ0n) is 16.8. The number of benzene rings is 1. The number of piperidine rings is 1. The van der Waals surface area contributed by atoms with Gasteiger partial charge in [0.1, 0.15) is 5.82 Å². The highest BCUT2D eigenvalue weighted by Gasteiger charge is 2.27. The SMILES string of the molecule is Cc1nc([C@H]2CCCCN2Cc2ccc3[nH]ccc3c2)ncc1C(=O)N(C)C. The lowest BCUT2D eigenvalue weighted by Gasteiger charge is -2.35. The van der Waals surface area contributed by atoms with Crippen LogP contribution in [0.4, 0.5) is 0 Å². The van der Waals surface area contributed by atoms with Crippen LogP contribution in [0.25, 0.3) is 10.9 Å². The maximum Gasteiger partial charge on any atom is 0.256 e. The Hall–Kier alpha value is -2.73. The average molecular weight is 377 g/mol. The van der Waals surface area contributed by atoms with Gasteiger partial charge in [-0.2, -0.15) is 0 Å². The van der Waals surface area contributed by atoms with Crippen LogP contribution in [0.1, 0.15) is 52.7 Å². The van der Waals surface area contributed by atoms with Crippen LogP contribution < -0.4 is 0 Å². The molecule has 1 saturated heterocycles. The Bertz CT molecular complexity index is 994. The number of aryl methyl sites for hydroxylation is 1. The minimum absolute atomic E-state index is 0.0515. The number of hydrogen-bond acceptors (Lipinski definition) is 4. The molecule has 0 bridgehead atoms. The van der Waals surface area contributed by atoms with Crippen molar-refractivity contribution >= 4 is 16.8 Å². The van der Waals surface area contributed by atoms with Crippen molar-refractivity contribution in [3.8, 4) is 0 Å². The minimum atomic E-state index is -0.0515. The fourth-order valence-corrected chi connectivity index (χ4v) is 4.00. The number of H-pyrrole nitrogens is 1.